The Morgan fingerprint density at radius 2 is 2.05 bits per heavy atom. The Balaban J connectivity index is 2.25. The smallest absolute Gasteiger partial charge is 0.242 e. The lowest BCUT2D eigenvalue weighted by atomic mass is 9.96. The molecule has 1 aliphatic rings. The lowest BCUT2D eigenvalue weighted by Crippen LogP contribution is -2.26. The first-order valence-corrected chi connectivity index (χ1v) is 10.7. The lowest BCUT2D eigenvalue weighted by molar-refractivity contribution is 0.430. The van der Waals surface area contributed by atoms with E-state index in [1.54, 1.807) is 0 Å². The van der Waals surface area contributed by atoms with Crippen molar-refractivity contribution in [1.29, 1.82) is 0 Å². The largest absolute Gasteiger partial charge is 0.544 e. The monoisotopic (exact) mass is 303 g/mol. The Bertz CT molecular complexity index is 598. The molecule has 0 saturated carbocycles. The van der Waals surface area contributed by atoms with Crippen LogP contribution < -0.4 is 5.73 Å². The summed E-state index contributed by atoms with van der Waals surface area (Å²) in [6.45, 7) is 11.1. The standard InChI is InChI=1S/C16H25N3OSi/c1-11-15(12(2)19-18-11)9-13-6-7-16(14(8-13)10-17)20-21(3,4)5/h6-7,9H,8,10,17H2,1-5H3,(H,18,19). The molecule has 0 spiro atoms. The molecule has 0 radical (unpaired) electrons. The summed E-state index contributed by atoms with van der Waals surface area (Å²) >= 11 is 0. The molecule has 0 aromatic carbocycles. The number of aryl methyl sites for hydroxylation is 2. The third kappa shape index (κ3) is 3.95. The molecule has 0 atom stereocenters. The molecule has 0 amide bonds. The fraction of sp³-hybridized carbons (Fsp3) is 0.438. The van der Waals surface area contributed by atoms with Crippen LogP contribution in [0.25, 0.3) is 6.08 Å². The second kappa shape index (κ2) is 6.03. The van der Waals surface area contributed by atoms with Crippen molar-refractivity contribution in [3.8, 4) is 0 Å². The lowest BCUT2D eigenvalue weighted by Gasteiger charge is -2.25. The van der Waals surface area contributed by atoms with E-state index in [0.29, 0.717) is 6.54 Å². The third-order valence-corrected chi connectivity index (χ3v) is 4.22. The number of H-pyrrole nitrogens is 1. The van der Waals surface area contributed by atoms with E-state index in [1.807, 2.05) is 13.8 Å². The van der Waals surface area contributed by atoms with Crippen molar-refractivity contribution in [3.63, 3.8) is 0 Å². The van der Waals surface area contributed by atoms with E-state index in [2.05, 4.69) is 48.1 Å². The molecule has 1 aliphatic carbocycles. The van der Waals surface area contributed by atoms with E-state index in [0.717, 1.165) is 23.6 Å². The van der Waals surface area contributed by atoms with Gasteiger partial charge in [-0.25, -0.2) is 0 Å². The molecule has 3 N–H and O–H groups in total. The van der Waals surface area contributed by atoms with E-state index in [4.69, 9.17) is 10.2 Å². The third-order valence-electron chi connectivity index (χ3n) is 3.39. The molecule has 0 unspecified atom stereocenters. The molecule has 0 saturated heterocycles. The van der Waals surface area contributed by atoms with E-state index in [9.17, 15) is 0 Å². The topological polar surface area (TPSA) is 63.9 Å². The number of allylic oxidation sites excluding steroid dienone is 3. The molecule has 1 aromatic rings. The highest BCUT2D eigenvalue weighted by atomic mass is 28.4. The number of aromatic amines is 1. The summed E-state index contributed by atoms with van der Waals surface area (Å²) in [5.74, 6) is 0.967. The van der Waals surface area contributed by atoms with Gasteiger partial charge in [0, 0.05) is 17.8 Å². The van der Waals surface area contributed by atoms with Gasteiger partial charge < -0.3 is 10.2 Å². The van der Waals surface area contributed by atoms with Gasteiger partial charge in [0.2, 0.25) is 8.32 Å². The van der Waals surface area contributed by atoms with Gasteiger partial charge in [-0.15, -0.1) is 0 Å². The van der Waals surface area contributed by atoms with Crippen LogP contribution in [0.3, 0.4) is 0 Å². The zero-order valence-electron chi connectivity index (χ0n) is 13.6. The first-order valence-electron chi connectivity index (χ1n) is 7.31. The van der Waals surface area contributed by atoms with E-state index in [-0.39, 0.29) is 0 Å². The van der Waals surface area contributed by atoms with Crippen molar-refractivity contribution in [2.75, 3.05) is 6.54 Å². The molecular formula is C16H25N3OSi. The summed E-state index contributed by atoms with van der Waals surface area (Å²) in [6, 6.07) is 0. The van der Waals surface area contributed by atoms with Gasteiger partial charge in [-0.2, -0.15) is 5.10 Å². The molecule has 1 heterocycles. The molecule has 2 rings (SSSR count). The van der Waals surface area contributed by atoms with Gasteiger partial charge in [0.25, 0.3) is 0 Å². The number of nitrogens with two attached hydrogens (primary N) is 1. The minimum Gasteiger partial charge on any atom is -0.544 e. The molecule has 5 heteroatoms. The van der Waals surface area contributed by atoms with Crippen LogP contribution >= 0.6 is 0 Å². The molecule has 114 valence electrons. The predicted molar refractivity (Wildman–Crippen MR) is 90.3 cm³/mol. The molecule has 0 fully saturated rings. The van der Waals surface area contributed by atoms with Crippen molar-refractivity contribution in [2.45, 2.75) is 39.9 Å². The summed E-state index contributed by atoms with van der Waals surface area (Å²) in [4.78, 5) is 0. The highest BCUT2D eigenvalue weighted by Gasteiger charge is 2.20. The van der Waals surface area contributed by atoms with Crippen molar-refractivity contribution in [2.24, 2.45) is 5.73 Å². The summed E-state index contributed by atoms with van der Waals surface area (Å²) in [6.07, 6.45) is 7.21. The predicted octanol–water partition coefficient (Wildman–Crippen LogP) is 3.43. The highest BCUT2D eigenvalue weighted by Crippen LogP contribution is 2.28. The first kappa shape index (κ1) is 15.8. The quantitative estimate of drug-likeness (QED) is 0.838. The zero-order valence-corrected chi connectivity index (χ0v) is 14.6. The molecule has 1 aromatic heterocycles. The van der Waals surface area contributed by atoms with E-state index in [1.165, 1.54) is 16.7 Å². The van der Waals surface area contributed by atoms with Crippen LogP contribution in [0.2, 0.25) is 19.6 Å². The van der Waals surface area contributed by atoms with Crippen molar-refractivity contribution < 1.29 is 4.43 Å². The fourth-order valence-electron chi connectivity index (χ4n) is 2.36. The Morgan fingerprint density at radius 3 is 2.57 bits per heavy atom. The highest BCUT2D eigenvalue weighted by molar-refractivity contribution is 6.70. The maximum absolute atomic E-state index is 6.12. The molecule has 0 bridgehead atoms. The van der Waals surface area contributed by atoms with E-state index >= 15 is 0 Å². The molecular weight excluding hydrogens is 278 g/mol. The Labute approximate surface area is 127 Å². The first-order chi connectivity index (χ1) is 9.80. The second-order valence-electron chi connectivity index (χ2n) is 6.46. The van der Waals surface area contributed by atoms with Crippen LogP contribution in [0.1, 0.15) is 23.4 Å². The maximum Gasteiger partial charge on any atom is 0.242 e. The number of hydrogen-bond donors (Lipinski definition) is 2. The second-order valence-corrected chi connectivity index (χ2v) is 10.9. The van der Waals surface area contributed by atoms with Crippen LogP contribution in [0, 0.1) is 13.8 Å². The average molecular weight is 303 g/mol. The number of hydrogen-bond acceptors (Lipinski definition) is 3. The van der Waals surface area contributed by atoms with Crippen molar-refractivity contribution in [3.05, 3.63) is 46.0 Å². The number of rotatable bonds is 4. The SMILES string of the molecule is Cc1n[nH]c(C)c1C=C1C=CC(O[Si](C)(C)C)=C(CN)C1. The van der Waals surface area contributed by atoms with Gasteiger partial charge in [-0.05, 0) is 63.2 Å². The van der Waals surface area contributed by atoms with Gasteiger partial charge in [0.1, 0.15) is 5.76 Å². The van der Waals surface area contributed by atoms with Gasteiger partial charge in [-0.1, -0.05) is 6.08 Å². The minimum atomic E-state index is -1.61. The van der Waals surface area contributed by atoms with Gasteiger partial charge in [-0.3, -0.25) is 5.10 Å². The Morgan fingerprint density at radius 1 is 1.33 bits per heavy atom. The van der Waals surface area contributed by atoms with Crippen LogP contribution in [0.4, 0.5) is 0 Å². The summed E-state index contributed by atoms with van der Waals surface area (Å²) < 4.78 is 6.12. The summed E-state index contributed by atoms with van der Waals surface area (Å²) in [5.41, 5.74) is 11.6. The fourth-order valence-corrected chi connectivity index (χ4v) is 3.23. The number of nitrogens with one attached hydrogen (secondary N) is 1. The summed E-state index contributed by atoms with van der Waals surface area (Å²) in [5, 5.41) is 7.25. The molecule has 21 heavy (non-hydrogen) atoms. The van der Waals surface area contributed by atoms with E-state index < -0.39 is 8.32 Å². The van der Waals surface area contributed by atoms with Crippen LogP contribution in [-0.4, -0.2) is 25.1 Å². The van der Waals surface area contributed by atoms with Crippen LogP contribution in [-0.2, 0) is 4.43 Å². The zero-order chi connectivity index (χ0) is 15.6. The van der Waals surface area contributed by atoms with Crippen molar-refractivity contribution >= 4 is 14.4 Å². The normalized spacial score (nSPS) is 17.7. The van der Waals surface area contributed by atoms with Gasteiger partial charge in [0.15, 0.2) is 0 Å². The molecule has 4 nitrogen and oxygen atoms in total. The van der Waals surface area contributed by atoms with Crippen molar-refractivity contribution in [1.82, 2.24) is 10.2 Å². The van der Waals surface area contributed by atoms with Crippen LogP contribution in [0.15, 0.2) is 29.1 Å². The summed E-state index contributed by atoms with van der Waals surface area (Å²) in [7, 11) is -1.61. The Kier molecular flexibility index (Phi) is 4.54. The molecule has 0 aliphatic heterocycles. The van der Waals surface area contributed by atoms with Gasteiger partial charge in [0.05, 0.1) is 5.69 Å². The van der Waals surface area contributed by atoms with Gasteiger partial charge >= 0.3 is 0 Å². The number of nitrogens with zero attached hydrogens (tertiary/aromatic N) is 1. The average Bonchev–Trinajstić information content (AvgIpc) is 2.70. The minimum absolute atomic E-state index is 0.533. The maximum atomic E-state index is 6.12. The number of aromatic nitrogens is 2. The Hall–Kier alpha value is -1.59. The van der Waals surface area contributed by atoms with Crippen LogP contribution in [0.5, 0.6) is 0 Å².